The number of halogens is 1. The van der Waals surface area contributed by atoms with Crippen molar-refractivity contribution in [3.05, 3.63) is 33.8 Å². The molecule has 84 valence electrons. The lowest BCUT2D eigenvalue weighted by atomic mass is 9.91. The van der Waals surface area contributed by atoms with Crippen molar-refractivity contribution < 1.29 is 0 Å². The molecule has 0 amide bonds. The molecule has 0 saturated heterocycles. The largest absolute Gasteiger partial charge is 0.310 e. The summed E-state index contributed by atoms with van der Waals surface area (Å²) in [4.78, 5) is 0. The molecule has 3 heteroatoms. The van der Waals surface area contributed by atoms with E-state index in [1.54, 1.807) is 0 Å². The smallest absolute Gasteiger partial charge is 0.0709 e. The number of nitrogens with zero attached hydrogens (tertiary/aromatic N) is 1. The van der Waals surface area contributed by atoms with Crippen LogP contribution in [-0.4, -0.2) is 12.3 Å². The molecule has 3 rings (SSSR count). The molecule has 0 spiro atoms. The van der Waals surface area contributed by atoms with Gasteiger partial charge in [-0.15, -0.1) is 0 Å². The van der Waals surface area contributed by atoms with Gasteiger partial charge < -0.3 is 5.43 Å². The highest BCUT2D eigenvalue weighted by Crippen LogP contribution is 2.32. The molecule has 1 aliphatic carbocycles. The minimum atomic E-state index is 0.664. The fourth-order valence-electron chi connectivity index (χ4n) is 2.75. The maximum absolute atomic E-state index is 4.54. The van der Waals surface area contributed by atoms with Crippen molar-refractivity contribution in [3.63, 3.8) is 0 Å². The molecule has 0 fully saturated rings. The van der Waals surface area contributed by atoms with Crippen LogP contribution in [0.4, 0.5) is 0 Å². The Morgan fingerprint density at radius 2 is 2.25 bits per heavy atom. The average molecular weight is 279 g/mol. The number of hydrogen-bond acceptors (Lipinski definition) is 2. The minimum Gasteiger partial charge on any atom is -0.310 e. The summed E-state index contributed by atoms with van der Waals surface area (Å²) in [7, 11) is 0. The summed E-state index contributed by atoms with van der Waals surface area (Å²) in [5.74, 6) is 0.664. The third-order valence-corrected chi connectivity index (χ3v) is 4.31. The monoisotopic (exact) mass is 278 g/mol. The van der Waals surface area contributed by atoms with Gasteiger partial charge in [0.2, 0.25) is 0 Å². The number of hydrogen-bond donors (Lipinski definition) is 1. The topological polar surface area (TPSA) is 24.4 Å². The molecule has 2 aliphatic rings. The maximum Gasteiger partial charge on any atom is 0.0709 e. The molecular formula is C13H15BrN2. The van der Waals surface area contributed by atoms with E-state index in [-0.39, 0.29) is 0 Å². The van der Waals surface area contributed by atoms with Crippen LogP contribution in [0.5, 0.6) is 0 Å². The summed E-state index contributed by atoms with van der Waals surface area (Å²) in [6.07, 6.45) is 4.96. The number of nitrogens with one attached hydrogen (secondary N) is 1. The second-order valence-electron chi connectivity index (χ2n) is 4.55. The molecule has 1 atom stereocenters. The molecule has 1 aromatic carbocycles. The van der Waals surface area contributed by atoms with Gasteiger partial charge >= 0.3 is 0 Å². The van der Waals surface area contributed by atoms with Crippen LogP contribution < -0.4 is 5.43 Å². The summed E-state index contributed by atoms with van der Waals surface area (Å²) in [6, 6.07) is 6.46. The first kappa shape index (κ1) is 10.3. The van der Waals surface area contributed by atoms with E-state index in [2.05, 4.69) is 44.7 Å². The van der Waals surface area contributed by atoms with E-state index in [0.29, 0.717) is 5.92 Å². The van der Waals surface area contributed by atoms with Crippen molar-refractivity contribution in [2.75, 3.05) is 6.54 Å². The number of fused-ring (bicyclic) bond motifs is 3. The fourth-order valence-corrected chi connectivity index (χ4v) is 3.31. The maximum atomic E-state index is 4.54. The Balaban J connectivity index is 2.14. The van der Waals surface area contributed by atoms with E-state index < -0.39 is 0 Å². The molecular weight excluding hydrogens is 264 g/mol. The van der Waals surface area contributed by atoms with Gasteiger partial charge in [0.1, 0.15) is 0 Å². The van der Waals surface area contributed by atoms with Gasteiger partial charge in [0, 0.05) is 22.5 Å². The first-order valence-corrected chi connectivity index (χ1v) is 6.74. The third kappa shape index (κ3) is 1.67. The minimum absolute atomic E-state index is 0.664. The molecule has 1 unspecified atom stereocenters. The lowest BCUT2D eigenvalue weighted by Crippen LogP contribution is -2.28. The molecule has 1 N–H and O–H groups in total. The van der Waals surface area contributed by atoms with E-state index in [4.69, 9.17) is 0 Å². The Morgan fingerprint density at radius 1 is 1.31 bits per heavy atom. The molecule has 16 heavy (non-hydrogen) atoms. The predicted octanol–water partition coefficient (Wildman–Crippen LogP) is 3.10. The number of benzene rings is 1. The first-order chi connectivity index (χ1) is 7.86. The summed E-state index contributed by atoms with van der Waals surface area (Å²) in [5.41, 5.74) is 7.21. The summed E-state index contributed by atoms with van der Waals surface area (Å²) >= 11 is 3.66. The van der Waals surface area contributed by atoms with Crippen LogP contribution in [0.2, 0.25) is 0 Å². The van der Waals surface area contributed by atoms with Gasteiger partial charge in [-0.1, -0.05) is 28.1 Å². The van der Waals surface area contributed by atoms with Crippen molar-refractivity contribution in [3.8, 4) is 0 Å². The Labute approximate surface area is 104 Å². The Kier molecular flexibility index (Phi) is 2.72. The van der Waals surface area contributed by atoms with Gasteiger partial charge in [-0.05, 0) is 37.3 Å². The molecule has 1 heterocycles. The number of rotatable bonds is 0. The van der Waals surface area contributed by atoms with Gasteiger partial charge in [0.05, 0.1) is 5.71 Å². The third-order valence-electron chi connectivity index (χ3n) is 3.56. The van der Waals surface area contributed by atoms with Crippen LogP contribution in [0.3, 0.4) is 0 Å². The van der Waals surface area contributed by atoms with Gasteiger partial charge in [-0.2, -0.15) is 5.10 Å². The van der Waals surface area contributed by atoms with Crippen molar-refractivity contribution >= 4 is 21.6 Å². The zero-order chi connectivity index (χ0) is 11.0. The summed E-state index contributed by atoms with van der Waals surface area (Å²) in [5, 5.41) is 4.54. The van der Waals surface area contributed by atoms with Crippen LogP contribution in [0, 0.1) is 5.92 Å². The van der Waals surface area contributed by atoms with Gasteiger partial charge in [-0.3, -0.25) is 0 Å². The van der Waals surface area contributed by atoms with Crippen LogP contribution in [0.1, 0.15) is 30.4 Å². The quantitative estimate of drug-likeness (QED) is 0.775. The van der Waals surface area contributed by atoms with Crippen LogP contribution >= 0.6 is 15.9 Å². The standard InChI is InChI=1S/C13H15BrN2/c14-12-6-2-5-11-10(12)4-1-3-9-7-8-15-16-13(9)11/h2,5-6,9,15H,1,3-4,7-8H2. The van der Waals surface area contributed by atoms with Gasteiger partial charge in [0.15, 0.2) is 0 Å². The molecule has 2 nitrogen and oxygen atoms in total. The highest BCUT2D eigenvalue weighted by molar-refractivity contribution is 9.10. The molecule has 0 bridgehead atoms. The molecule has 1 aromatic rings. The zero-order valence-corrected chi connectivity index (χ0v) is 10.8. The first-order valence-electron chi connectivity index (χ1n) is 5.94. The Bertz CT molecular complexity index is 440. The van der Waals surface area contributed by atoms with Crippen LogP contribution in [0.25, 0.3) is 0 Å². The van der Waals surface area contributed by atoms with Crippen molar-refractivity contribution in [2.45, 2.75) is 25.7 Å². The van der Waals surface area contributed by atoms with E-state index >= 15 is 0 Å². The van der Waals surface area contributed by atoms with E-state index in [0.717, 1.165) is 6.54 Å². The van der Waals surface area contributed by atoms with Gasteiger partial charge in [-0.25, -0.2) is 0 Å². The Hall–Kier alpha value is -0.830. The van der Waals surface area contributed by atoms with E-state index in [1.165, 1.54) is 47.0 Å². The second kappa shape index (κ2) is 4.21. The predicted molar refractivity (Wildman–Crippen MR) is 69.7 cm³/mol. The Morgan fingerprint density at radius 3 is 3.19 bits per heavy atom. The van der Waals surface area contributed by atoms with E-state index in [1.807, 2.05) is 0 Å². The van der Waals surface area contributed by atoms with Crippen molar-refractivity contribution in [1.82, 2.24) is 5.43 Å². The molecule has 0 radical (unpaired) electrons. The van der Waals surface area contributed by atoms with Gasteiger partial charge in [0.25, 0.3) is 0 Å². The number of hydrazone groups is 1. The van der Waals surface area contributed by atoms with Crippen molar-refractivity contribution in [1.29, 1.82) is 0 Å². The molecule has 0 aromatic heterocycles. The highest BCUT2D eigenvalue weighted by Gasteiger charge is 2.26. The summed E-state index contributed by atoms with van der Waals surface area (Å²) in [6.45, 7) is 1.03. The summed E-state index contributed by atoms with van der Waals surface area (Å²) < 4.78 is 1.24. The lowest BCUT2D eigenvalue weighted by molar-refractivity contribution is 0.504. The highest BCUT2D eigenvalue weighted by atomic mass is 79.9. The van der Waals surface area contributed by atoms with Crippen LogP contribution in [0.15, 0.2) is 27.8 Å². The lowest BCUT2D eigenvalue weighted by Gasteiger charge is -2.22. The van der Waals surface area contributed by atoms with Crippen LogP contribution in [-0.2, 0) is 6.42 Å². The van der Waals surface area contributed by atoms with E-state index in [9.17, 15) is 0 Å². The molecule has 1 aliphatic heterocycles. The SMILES string of the molecule is Brc1cccc2c1CCCC1CCNN=C21. The van der Waals surface area contributed by atoms with Crippen molar-refractivity contribution in [2.24, 2.45) is 11.0 Å². The molecule has 0 saturated carbocycles. The fraction of sp³-hybridized carbons (Fsp3) is 0.462. The average Bonchev–Trinajstić information content (AvgIpc) is 2.50. The normalized spacial score (nSPS) is 23.6. The second-order valence-corrected chi connectivity index (χ2v) is 5.40. The zero-order valence-electron chi connectivity index (χ0n) is 9.17.